The summed E-state index contributed by atoms with van der Waals surface area (Å²) in [6, 6.07) is 19.4. The SMILES string of the molecule is CN=C(NCCNC(=O)c1ccccc1)N(C)Cc1ccccc1.I. The summed E-state index contributed by atoms with van der Waals surface area (Å²) < 4.78 is 0. The molecule has 0 aliphatic heterocycles. The highest BCUT2D eigenvalue weighted by atomic mass is 127. The average Bonchev–Trinajstić information content (AvgIpc) is 2.63. The van der Waals surface area contributed by atoms with Crippen molar-refractivity contribution in [3.8, 4) is 0 Å². The van der Waals surface area contributed by atoms with Gasteiger partial charge in [0.2, 0.25) is 0 Å². The van der Waals surface area contributed by atoms with Crippen LogP contribution in [-0.2, 0) is 6.54 Å². The fraction of sp³-hybridized carbons (Fsp3) is 0.263. The van der Waals surface area contributed by atoms with Gasteiger partial charge in [-0.2, -0.15) is 0 Å². The number of rotatable bonds is 6. The van der Waals surface area contributed by atoms with Crippen molar-refractivity contribution >= 4 is 35.8 Å². The van der Waals surface area contributed by atoms with E-state index in [0.717, 1.165) is 12.5 Å². The molecule has 0 atom stereocenters. The van der Waals surface area contributed by atoms with Crippen molar-refractivity contribution in [3.05, 3.63) is 71.8 Å². The zero-order valence-corrected chi connectivity index (χ0v) is 16.9. The van der Waals surface area contributed by atoms with Crippen LogP contribution in [0.1, 0.15) is 15.9 Å². The van der Waals surface area contributed by atoms with E-state index in [0.29, 0.717) is 18.7 Å². The maximum Gasteiger partial charge on any atom is 0.251 e. The van der Waals surface area contributed by atoms with Crippen LogP contribution in [0.15, 0.2) is 65.7 Å². The predicted octanol–water partition coefficient (Wildman–Crippen LogP) is 2.74. The first kappa shape index (κ1) is 21.0. The lowest BCUT2D eigenvalue weighted by atomic mass is 10.2. The summed E-state index contributed by atoms with van der Waals surface area (Å²) in [7, 11) is 3.75. The minimum Gasteiger partial charge on any atom is -0.354 e. The fourth-order valence-electron chi connectivity index (χ4n) is 2.36. The van der Waals surface area contributed by atoms with Crippen LogP contribution in [0.5, 0.6) is 0 Å². The molecule has 2 N–H and O–H groups in total. The maximum atomic E-state index is 12.0. The minimum atomic E-state index is -0.0648. The number of nitrogens with zero attached hydrogens (tertiary/aromatic N) is 2. The van der Waals surface area contributed by atoms with E-state index in [1.165, 1.54) is 5.56 Å². The summed E-state index contributed by atoms with van der Waals surface area (Å²) in [5.41, 5.74) is 1.89. The van der Waals surface area contributed by atoms with Gasteiger partial charge in [0.1, 0.15) is 0 Å². The molecule has 0 spiro atoms. The van der Waals surface area contributed by atoms with Crippen LogP contribution in [0, 0.1) is 0 Å². The third-order valence-corrected chi connectivity index (χ3v) is 3.57. The molecule has 134 valence electrons. The number of carbonyl (C=O) groups excluding carboxylic acids is 1. The number of carbonyl (C=O) groups is 1. The van der Waals surface area contributed by atoms with Crippen LogP contribution in [0.3, 0.4) is 0 Å². The Bertz CT molecular complexity index is 662. The minimum absolute atomic E-state index is 0. The lowest BCUT2D eigenvalue weighted by Gasteiger charge is -2.22. The van der Waals surface area contributed by atoms with Gasteiger partial charge in [0.25, 0.3) is 5.91 Å². The number of amides is 1. The van der Waals surface area contributed by atoms with Gasteiger partial charge >= 0.3 is 0 Å². The highest BCUT2D eigenvalue weighted by Gasteiger charge is 2.07. The molecule has 0 saturated carbocycles. The molecule has 25 heavy (non-hydrogen) atoms. The summed E-state index contributed by atoms with van der Waals surface area (Å²) in [6.07, 6.45) is 0. The quantitative estimate of drug-likeness (QED) is 0.307. The molecule has 0 saturated heterocycles. The molecule has 0 aliphatic carbocycles. The first-order chi connectivity index (χ1) is 11.7. The van der Waals surface area contributed by atoms with E-state index in [1.807, 2.05) is 48.3 Å². The van der Waals surface area contributed by atoms with Gasteiger partial charge < -0.3 is 15.5 Å². The van der Waals surface area contributed by atoms with Crippen LogP contribution >= 0.6 is 24.0 Å². The molecule has 2 aromatic carbocycles. The number of nitrogens with one attached hydrogen (secondary N) is 2. The smallest absolute Gasteiger partial charge is 0.251 e. The van der Waals surface area contributed by atoms with Gasteiger partial charge in [-0.3, -0.25) is 9.79 Å². The Morgan fingerprint density at radius 3 is 2.12 bits per heavy atom. The van der Waals surface area contributed by atoms with Gasteiger partial charge in [0.15, 0.2) is 5.96 Å². The zero-order valence-electron chi connectivity index (χ0n) is 14.6. The van der Waals surface area contributed by atoms with Crippen molar-refractivity contribution in [2.24, 2.45) is 4.99 Å². The maximum absolute atomic E-state index is 12.0. The van der Waals surface area contributed by atoms with Crippen molar-refractivity contribution in [3.63, 3.8) is 0 Å². The Labute approximate surface area is 166 Å². The number of benzene rings is 2. The molecule has 5 nitrogen and oxygen atoms in total. The van der Waals surface area contributed by atoms with E-state index in [1.54, 1.807) is 19.2 Å². The monoisotopic (exact) mass is 452 g/mol. The van der Waals surface area contributed by atoms with E-state index in [2.05, 4.69) is 27.8 Å². The predicted molar refractivity (Wildman–Crippen MR) is 113 cm³/mol. The Morgan fingerprint density at radius 1 is 0.960 bits per heavy atom. The molecule has 6 heteroatoms. The number of guanidine groups is 1. The second-order valence-electron chi connectivity index (χ2n) is 5.44. The first-order valence-electron chi connectivity index (χ1n) is 7.99. The summed E-state index contributed by atoms with van der Waals surface area (Å²) in [4.78, 5) is 18.3. The van der Waals surface area contributed by atoms with Crippen LogP contribution in [0.25, 0.3) is 0 Å². The van der Waals surface area contributed by atoms with E-state index >= 15 is 0 Å². The van der Waals surface area contributed by atoms with Crippen LogP contribution in [-0.4, -0.2) is 44.0 Å². The zero-order chi connectivity index (χ0) is 17.2. The van der Waals surface area contributed by atoms with Crippen LogP contribution in [0.2, 0.25) is 0 Å². The van der Waals surface area contributed by atoms with Crippen molar-refractivity contribution in [1.82, 2.24) is 15.5 Å². The van der Waals surface area contributed by atoms with Crippen molar-refractivity contribution in [2.75, 3.05) is 27.2 Å². The van der Waals surface area contributed by atoms with Gasteiger partial charge in [-0.1, -0.05) is 48.5 Å². The molecule has 2 aromatic rings. The van der Waals surface area contributed by atoms with Gasteiger partial charge in [0, 0.05) is 39.3 Å². The highest BCUT2D eigenvalue weighted by molar-refractivity contribution is 14.0. The Morgan fingerprint density at radius 2 is 1.52 bits per heavy atom. The van der Waals surface area contributed by atoms with E-state index in [-0.39, 0.29) is 29.9 Å². The summed E-state index contributed by atoms with van der Waals surface area (Å²) in [5.74, 6) is 0.734. The van der Waals surface area contributed by atoms with Crippen molar-refractivity contribution in [2.45, 2.75) is 6.54 Å². The largest absolute Gasteiger partial charge is 0.354 e. The highest BCUT2D eigenvalue weighted by Crippen LogP contribution is 2.02. The lowest BCUT2D eigenvalue weighted by molar-refractivity contribution is 0.0954. The summed E-state index contributed by atoms with van der Waals surface area (Å²) >= 11 is 0. The normalized spacial score (nSPS) is 10.6. The average molecular weight is 452 g/mol. The van der Waals surface area contributed by atoms with E-state index in [4.69, 9.17) is 0 Å². The van der Waals surface area contributed by atoms with Gasteiger partial charge in [-0.25, -0.2) is 0 Å². The molecule has 1 amide bonds. The molecule has 0 bridgehead atoms. The third kappa shape index (κ3) is 7.13. The Balaban J connectivity index is 0.00000312. The van der Waals surface area contributed by atoms with Crippen LogP contribution in [0.4, 0.5) is 0 Å². The molecule has 2 rings (SSSR count). The molecule has 0 heterocycles. The van der Waals surface area contributed by atoms with Crippen molar-refractivity contribution in [1.29, 1.82) is 0 Å². The topological polar surface area (TPSA) is 56.7 Å². The number of halogens is 1. The van der Waals surface area contributed by atoms with Gasteiger partial charge in [0.05, 0.1) is 0 Å². The Kier molecular flexibility index (Phi) is 9.61. The second kappa shape index (κ2) is 11.5. The first-order valence-corrected chi connectivity index (χ1v) is 7.99. The van der Waals surface area contributed by atoms with Crippen molar-refractivity contribution < 1.29 is 4.79 Å². The van der Waals surface area contributed by atoms with Gasteiger partial charge in [-0.05, 0) is 17.7 Å². The van der Waals surface area contributed by atoms with Gasteiger partial charge in [-0.15, -0.1) is 24.0 Å². The standard InChI is InChI=1S/C19H24N4O.HI/c1-20-19(23(2)15-16-9-5-3-6-10-16)22-14-13-21-18(24)17-11-7-4-8-12-17;/h3-12H,13-15H2,1-2H3,(H,20,22)(H,21,24);1H. The number of aliphatic imine (C=N–C) groups is 1. The van der Waals surface area contributed by atoms with Crippen LogP contribution < -0.4 is 10.6 Å². The molecule has 0 radical (unpaired) electrons. The summed E-state index contributed by atoms with van der Waals surface area (Å²) in [5, 5.41) is 6.15. The molecule has 0 fully saturated rings. The number of hydrogen-bond acceptors (Lipinski definition) is 2. The molecule has 0 unspecified atom stereocenters. The molecule has 0 aromatic heterocycles. The Hall–Kier alpha value is -2.09. The van der Waals surface area contributed by atoms with E-state index in [9.17, 15) is 4.79 Å². The lowest BCUT2D eigenvalue weighted by Crippen LogP contribution is -2.42. The second-order valence-corrected chi connectivity index (χ2v) is 5.44. The molecular weight excluding hydrogens is 427 g/mol. The number of hydrogen-bond donors (Lipinski definition) is 2. The molecular formula is C19H25IN4O. The molecule has 0 aliphatic rings. The fourth-order valence-corrected chi connectivity index (χ4v) is 2.36. The summed E-state index contributed by atoms with van der Waals surface area (Å²) in [6.45, 7) is 1.92. The van der Waals surface area contributed by atoms with E-state index < -0.39 is 0 Å². The third-order valence-electron chi connectivity index (χ3n) is 3.57.